The van der Waals surface area contributed by atoms with Crippen LogP contribution in [0.5, 0.6) is 5.75 Å². The molecule has 2 rings (SSSR count). The van der Waals surface area contributed by atoms with E-state index in [-0.39, 0.29) is 22.4 Å². The number of carbonyl (C=O) groups excluding carboxylic acids is 1. The van der Waals surface area contributed by atoms with Crippen LogP contribution in [0.1, 0.15) is 24.2 Å². The molecule has 0 radical (unpaired) electrons. The number of methoxy groups -OCH3 is 1. The van der Waals surface area contributed by atoms with E-state index in [9.17, 15) is 13.2 Å². The molecule has 6 nitrogen and oxygen atoms in total. The lowest BCUT2D eigenvalue weighted by Crippen LogP contribution is -2.30. The van der Waals surface area contributed by atoms with Gasteiger partial charge in [-0.15, -0.1) is 0 Å². The zero-order valence-corrected chi connectivity index (χ0v) is 14.6. The summed E-state index contributed by atoms with van der Waals surface area (Å²) in [7, 11) is -2.08. The predicted octanol–water partition coefficient (Wildman–Crippen LogP) is 2.63. The van der Waals surface area contributed by atoms with Gasteiger partial charge in [0.2, 0.25) is 10.0 Å². The molecule has 0 saturated heterocycles. The van der Waals surface area contributed by atoms with Crippen molar-refractivity contribution < 1.29 is 17.9 Å². The van der Waals surface area contributed by atoms with E-state index in [1.54, 1.807) is 51.3 Å². The zero-order valence-electron chi connectivity index (χ0n) is 13.7. The van der Waals surface area contributed by atoms with Gasteiger partial charge < -0.3 is 10.1 Å². The Morgan fingerprint density at radius 3 is 2.33 bits per heavy atom. The highest BCUT2D eigenvalue weighted by Gasteiger charge is 2.17. The highest BCUT2D eigenvalue weighted by Crippen LogP contribution is 2.17. The molecule has 1 amide bonds. The average molecular weight is 348 g/mol. The fourth-order valence-corrected chi connectivity index (χ4v) is 3.36. The summed E-state index contributed by atoms with van der Waals surface area (Å²) >= 11 is 0. The third kappa shape index (κ3) is 4.56. The molecular formula is C17H20N2O4S. The van der Waals surface area contributed by atoms with Crippen LogP contribution in [0.2, 0.25) is 0 Å². The van der Waals surface area contributed by atoms with Gasteiger partial charge in [0.15, 0.2) is 0 Å². The fourth-order valence-electron chi connectivity index (χ4n) is 2.06. The van der Waals surface area contributed by atoms with E-state index < -0.39 is 10.0 Å². The molecule has 0 heterocycles. The number of hydrogen-bond donors (Lipinski definition) is 2. The summed E-state index contributed by atoms with van der Waals surface area (Å²) in [6.07, 6.45) is 0. The first-order valence-corrected chi connectivity index (χ1v) is 8.88. The van der Waals surface area contributed by atoms with E-state index >= 15 is 0 Å². The van der Waals surface area contributed by atoms with Gasteiger partial charge in [0.1, 0.15) is 5.75 Å². The number of hydrogen-bond acceptors (Lipinski definition) is 4. The molecule has 0 saturated carbocycles. The molecule has 0 bridgehead atoms. The van der Waals surface area contributed by atoms with Crippen LogP contribution in [0, 0.1) is 0 Å². The Balaban J connectivity index is 2.19. The number of rotatable bonds is 6. The quantitative estimate of drug-likeness (QED) is 0.840. The van der Waals surface area contributed by atoms with Gasteiger partial charge in [0, 0.05) is 17.3 Å². The number of anilines is 1. The Morgan fingerprint density at radius 1 is 1.08 bits per heavy atom. The normalized spacial score (nSPS) is 11.3. The van der Waals surface area contributed by atoms with Gasteiger partial charge in [0.25, 0.3) is 5.91 Å². The van der Waals surface area contributed by atoms with Crippen molar-refractivity contribution in [2.24, 2.45) is 0 Å². The molecule has 2 aromatic rings. The maximum Gasteiger partial charge on any atom is 0.255 e. The molecule has 0 aliphatic carbocycles. The van der Waals surface area contributed by atoms with Gasteiger partial charge >= 0.3 is 0 Å². The third-order valence-electron chi connectivity index (χ3n) is 3.15. The first kappa shape index (κ1) is 18.0. The first-order valence-electron chi connectivity index (χ1n) is 7.39. The maximum absolute atomic E-state index is 12.3. The van der Waals surface area contributed by atoms with E-state index in [0.29, 0.717) is 11.4 Å². The van der Waals surface area contributed by atoms with E-state index in [4.69, 9.17) is 4.74 Å². The molecule has 0 aliphatic rings. The summed E-state index contributed by atoms with van der Waals surface area (Å²) in [6.45, 7) is 3.47. The van der Waals surface area contributed by atoms with Crippen LogP contribution in [0.15, 0.2) is 53.4 Å². The van der Waals surface area contributed by atoms with E-state index in [0.717, 1.165) is 0 Å². The monoisotopic (exact) mass is 348 g/mol. The van der Waals surface area contributed by atoms with Crippen molar-refractivity contribution in [3.63, 3.8) is 0 Å². The van der Waals surface area contributed by atoms with Gasteiger partial charge in [-0.3, -0.25) is 4.79 Å². The smallest absolute Gasteiger partial charge is 0.255 e. The molecule has 24 heavy (non-hydrogen) atoms. The van der Waals surface area contributed by atoms with Crippen molar-refractivity contribution in [1.29, 1.82) is 0 Å². The molecule has 0 unspecified atom stereocenters. The Morgan fingerprint density at radius 2 is 1.75 bits per heavy atom. The van der Waals surface area contributed by atoms with Crippen LogP contribution in [0.25, 0.3) is 0 Å². The van der Waals surface area contributed by atoms with Crippen LogP contribution >= 0.6 is 0 Å². The SMILES string of the molecule is COc1ccc(NC(=O)c2cccc(S(=O)(=O)NC(C)C)c2)cc1. The average Bonchev–Trinajstić information content (AvgIpc) is 2.54. The molecule has 128 valence electrons. The zero-order chi connectivity index (χ0) is 17.7. The van der Waals surface area contributed by atoms with Crippen molar-refractivity contribution in [2.45, 2.75) is 24.8 Å². The van der Waals surface area contributed by atoms with Gasteiger partial charge in [0.05, 0.1) is 12.0 Å². The molecular weight excluding hydrogens is 328 g/mol. The van der Waals surface area contributed by atoms with Gasteiger partial charge in [-0.1, -0.05) is 6.07 Å². The Bertz CT molecular complexity index is 815. The molecule has 0 fully saturated rings. The van der Waals surface area contributed by atoms with Gasteiger partial charge in [-0.2, -0.15) is 0 Å². The lowest BCUT2D eigenvalue weighted by Gasteiger charge is -2.11. The topological polar surface area (TPSA) is 84.5 Å². The summed E-state index contributed by atoms with van der Waals surface area (Å²) in [4.78, 5) is 12.4. The second-order valence-electron chi connectivity index (χ2n) is 5.49. The van der Waals surface area contributed by atoms with Crippen LogP contribution in [-0.4, -0.2) is 27.5 Å². The third-order valence-corrected chi connectivity index (χ3v) is 4.80. The number of ether oxygens (including phenoxy) is 1. The number of sulfonamides is 1. The summed E-state index contributed by atoms with van der Waals surface area (Å²) < 4.78 is 31.9. The van der Waals surface area contributed by atoms with Crippen LogP contribution in [-0.2, 0) is 10.0 Å². The van der Waals surface area contributed by atoms with Crippen molar-refractivity contribution in [3.8, 4) is 5.75 Å². The number of amides is 1. The minimum absolute atomic E-state index is 0.0542. The Labute approximate surface area is 141 Å². The van der Waals surface area contributed by atoms with Crippen molar-refractivity contribution in [2.75, 3.05) is 12.4 Å². The minimum atomic E-state index is -3.64. The molecule has 0 aliphatic heterocycles. The summed E-state index contributed by atoms with van der Waals surface area (Å²) in [6, 6.07) is 12.5. The van der Waals surface area contributed by atoms with Crippen LogP contribution in [0.3, 0.4) is 0 Å². The van der Waals surface area contributed by atoms with Crippen LogP contribution in [0.4, 0.5) is 5.69 Å². The van der Waals surface area contributed by atoms with Crippen molar-refractivity contribution >= 4 is 21.6 Å². The molecule has 0 atom stereocenters. The molecule has 7 heteroatoms. The highest BCUT2D eigenvalue weighted by atomic mass is 32.2. The summed E-state index contributed by atoms with van der Waals surface area (Å²) in [5, 5.41) is 2.72. The molecule has 0 spiro atoms. The van der Waals surface area contributed by atoms with Crippen LogP contribution < -0.4 is 14.8 Å². The number of benzene rings is 2. The largest absolute Gasteiger partial charge is 0.497 e. The van der Waals surface area contributed by atoms with Crippen molar-refractivity contribution in [3.05, 3.63) is 54.1 Å². The summed E-state index contributed by atoms with van der Waals surface area (Å²) in [5.74, 6) is 0.294. The second-order valence-corrected chi connectivity index (χ2v) is 7.20. The lowest BCUT2D eigenvalue weighted by atomic mass is 10.2. The van der Waals surface area contributed by atoms with E-state index in [2.05, 4.69) is 10.0 Å². The van der Waals surface area contributed by atoms with Gasteiger partial charge in [-0.25, -0.2) is 13.1 Å². The summed E-state index contributed by atoms with van der Waals surface area (Å²) in [5.41, 5.74) is 0.854. The molecule has 2 N–H and O–H groups in total. The lowest BCUT2D eigenvalue weighted by molar-refractivity contribution is 0.102. The predicted molar refractivity (Wildman–Crippen MR) is 92.8 cm³/mol. The minimum Gasteiger partial charge on any atom is -0.497 e. The van der Waals surface area contributed by atoms with E-state index in [1.807, 2.05) is 0 Å². The van der Waals surface area contributed by atoms with E-state index in [1.165, 1.54) is 18.2 Å². The molecule has 2 aromatic carbocycles. The highest BCUT2D eigenvalue weighted by molar-refractivity contribution is 7.89. The fraction of sp³-hybridized carbons (Fsp3) is 0.235. The molecule has 0 aromatic heterocycles. The first-order chi connectivity index (χ1) is 11.3. The van der Waals surface area contributed by atoms with Crippen molar-refractivity contribution in [1.82, 2.24) is 4.72 Å². The second kappa shape index (κ2) is 7.46. The Kier molecular flexibility index (Phi) is 5.58. The number of nitrogens with one attached hydrogen (secondary N) is 2. The standard InChI is InChI=1S/C17H20N2O4S/c1-12(2)19-24(21,22)16-6-4-5-13(11-16)17(20)18-14-7-9-15(23-3)10-8-14/h4-12,19H,1-3H3,(H,18,20). The maximum atomic E-state index is 12.3. The Hall–Kier alpha value is -2.38. The number of carbonyl (C=O) groups is 1. The van der Waals surface area contributed by atoms with Gasteiger partial charge in [-0.05, 0) is 56.3 Å².